The first-order valence-corrected chi connectivity index (χ1v) is 6.39. The van der Waals surface area contributed by atoms with Crippen LogP contribution in [0.2, 0.25) is 0 Å². The van der Waals surface area contributed by atoms with Crippen molar-refractivity contribution < 1.29 is 70.1 Å². The molecule has 0 spiro atoms. The van der Waals surface area contributed by atoms with Gasteiger partial charge in [-0.15, -0.1) is 0 Å². The minimum atomic E-state index is -6.43. The molecule has 0 aliphatic heterocycles. The number of nitrogens with zero attached hydrogens (tertiary/aromatic N) is 6. The van der Waals surface area contributed by atoms with E-state index in [-0.39, 0.29) is 59.1 Å². The molecule has 0 saturated heterocycles. The van der Waals surface area contributed by atoms with Crippen molar-refractivity contribution in [2.24, 2.45) is 0 Å². The predicted octanol–water partition coefficient (Wildman–Crippen LogP) is -5.89. The van der Waals surface area contributed by atoms with E-state index in [9.17, 15) is 0 Å². The second-order valence-electron chi connectivity index (χ2n) is 2.08. The maximum Gasteiger partial charge on any atom is 1.00 e. The summed E-state index contributed by atoms with van der Waals surface area (Å²) in [7, 11) is -6.43. The van der Waals surface area contributed by atoms with Crippen LogP contribution in [0.25, 0.3) is 0 Å². The van der Waals surface area contributed by atoms with Crippen molar-refractivity contribution in [3.63, 3.8) is 0 Å². The van der Waals surface area contributed by atoms with Crippen molar-refractivity contribution in [2.45, 2.75) is 0 Å². The van der Waals surface area contributed by atoms with Crippen LogP contribution in [-0.2, 0) is 10.9 Å². The van der Waals surface area contributed by atoms with Crippen molar-refractivity contribution >= 4 is 0 Å². The van der Waals surface area contributed by atoms with E-state index in [4.69, 9.17) is 31.6 Å². The van der Waals surface area contributed by atoms with Gasteiger partial charge < -0.3 is 0 Å². The van der Waals surface area contributed by atoms with E-state index in [0.717, 1.165) is 29.6 Å². The van der Waals surface area contributed by atoms with Crippen LogP contribution in [0.1, 0.15) is 0 Å². The fourth-order valence-electron chi connectivity index (χ4n) is 0.306. The number of nitriles is 6. The van der Waals surface area contributed by atoms with Crippen LogP contribution in [0.5, 0.6) is 0 Å². The Kier molecular flexibility index (Phi) is 6.65. The molecular weight excluding hydrogens is 254 g/mol. The topological polar surface area (TPSA) is 143 Å². The van der Waals surface area contributed by atoms with Crippen molar-refractivity contribution in [1.29, 1.82) is 31.6 Å². The Labute approximate surface area is 129 Å². The van der Waals surface area contributed by atoms with Crippen LogP contribution in [0.4, 0.5) is 0 Å². The van der Waals surface area contributed by atoms with Crippen LogP contribution in [0.15, 0.2) is 0 Å². The van der Waals surface area contributed by atoms with Gasteiger partial charge in [-0.05, 0) is 0 Å². The molecule has 0 aromatic heterocycles. The molecule has 0 atom stereocenters. The molecule has 0 fully saturated rings. The largest absolute Gasteiger partial charge is 1.00 e. The molecule has 0 aliphatic rings. The van der Waals surface area contributed by atoms with E-state index in [0.29, 0.717) is 0 Å². The molecule has 62 valence electrons. The van der Waals surface area contributed by atoms with Crippen LogP contribution in [0.3, 0.4) is 0 Å². The molecule has 0 heterocycles. The summed E-state index contributed by atoms with van der Waals surface area (Å²) < 4.78 is 0. The third-order valence-electron chi connectivity index (χ3n) is 1.37. The molecule has 0 bridgehead atoms. The number of hydrogen-bond acceptors (Lipinski definition) is 6. The van der Waals surface area contributed by atoms with Gasteiger partial charge in [-0.3, -0.25) is 0 Å². The second kappa shape index (κ2) is 5.00. The summed E-state index contributed by atoms with van der Waals surface area (Å²) in [4.78, 5) is 6.31. The van der Waals surface area contributed by atoms with Gasteiger partial charge in [0.2, 0.25) is 0 Å². The molecular formula is C6CrN6Na2. The Balaban J connectivity index is -0.000000720. The Hall–Kier alpha value is -0.528. The Morgan fingerprint density at radius 3 is 0.600 bits per heavy atom. The van der Waals surface area contributed by atoms with Crippen molar-refractivity contribution in [2.75, 3.05) is 0 Å². The zero-order valence-corrected chi connectivity index (χ0v) is 13.4. The zero-order chi connectivity index (χ0) is 10.7. The van der Waals surface area contributed by atoms with E-state index < -0.39 is 10.9 Å². The molecule has 0 unspecified atom stereocenters. The van der Waals surface area contributed by atoms with E-state index in [1.165, 1.54) is 0 Å². The normalized spacial score (nSPS) is 11.6. The van der Waals surface area contributed by atoms with Crippen LogP contribution in [0, 0.1) is 61.2 Å². The maximum atomic E-state index is 8.59. The van der Waals surface area contributed by atoms with Crippen LogP contribution < -0.4 is 59.1 Å². The van der Waals surface area contributed by atoms with Crippen molar-refractivity contribution in [1.82, 2.24) is 0 Å². The first-order chi connectivity index (χ1) is 5.97. The number of hydrogen-bond donors (Lipinski definition) is 0. The average Bonchev–Trinajstić information content (AvgIpc) is 2.26. The molecule has 6 nitrogen and oxygen atoms in total. The summed E-state index contributed by atoms with van der Waals surface area (Å²) in [5.74, 6) is 0. The maximum absolute atomic E-state index is 8.59. The molecule has 0 amide bonds. The molecule has 0 N–H and O–H groups in total. The Morgan fingerprint density at radius 1 is 0.467 bits per heavy atom. The zero-order valence-electron chi connectivity index (χ0n) is 8.09. The fraction of sp³-hybridized carbons (Fsp3) is 0. The van der Waals surface area contributed by atoms with Gasteiger partial charge in [0.1, 0.15) is 0 Å². The van der Waals surface area contributed by atoms with Gasteiger partial charge in [-0.2, -0.15) is 0 Å². The smallest absolute Gasteiger partial charge is 1.00 e. The summed E-state index contributed by atoms with van der Waals surface area (Å²) in [5.41, 5.74) is 0. The predicted molar refractivity (Wildman–Crippen MR) is 33.7 cm³/mol. The van der Waals surface area contributed by atoms with Gasteiger partial charge in [0.25, 0.3) is 0 Å². The standard InChI is InChI=1S/6CN.Cr.2Na/c6*1-2;;;/q;;;;;;-2;2*+1. The van der Waals surface area contributed by atoms with Crippen molar-refractivity contribution in [3.05, 3.63) is 0 Å². The average molecular weight is 254 g/mol. The Bertz CT molecular complexity index is 395. The molecule has 15 heavy (non-hydrogen) atoms. The van der Waals surface area contributed by atoms with Gasteiger partial charge in [0, 0.05) is 0 Å². The van der Waals surface area contributed by atoms with Gasteiger partial charge in [-0.25, -0.2) is 0 Å². The van der Waals surface area contributed by atoms with Gasteiger partial charge >= 0.3 is 131 Å². The number of rotatable bonds is 0. The van der Waals surface area contributed by atoms with E-state index in [2.05, 4.69) is 0 Å². The SMILES string of the molecule is N#[C][Cr-2]([C]#N)([C]#N)([C]#N)([C]#N)[C]#N.[Na+].[Na+]. The molecule has 0 aromatic carbocycles. The quantitative estimate of drug-likeness (QED) is 0.394. The molecule has 0 aliphatic carbocycles. The third-order valence-corrected chi connectivity index (χ3v) is 5.65. The molecule has 9 heteroatoms. The first-order valence-electron chi connectivity index (χ1n) is 2.57. The molecule has 0 rings (SSSR count). The summed E-state index contributed by atoms with van der Waals surface area (Å²) in [5, 5.41) is 51.5. The molecule has 0 saturated carbocycles. The third kappa shape index (κ3) is 2.04. The summed E-state index contributed by atoms with van der Waals surface area (Å²) >= 11 is 0. The summed E-state index contributed by atoms with van der Waals surface area (Å²) in [6.45, 7) is 0. The van der Waals surface area contributed by atoms with Crippen LogP contribution in [-0.4, -0.2) is 0 Å². The Morgan fingerprint density at radius 2 is 0.600 bits per heavy atom. The van der Waals surface area contributed by atoms with Crippen LogP contribution >= 0.6 is 0 Å². The van der Waals surface area contributed by atoms with Gasteiger partial charge in [0.15, 0.2) is 0 Å². The van der Waals surface area contributed by atoms with E-state index >= 15 is 0 Å². The minimum Gasteiger partial charge on any atom is 1.00 e. The first kappa shape index (κ1) is 20.0. The monoisotopic (exact) mass is 254 g/mol. The summed E-state index contributed by atoms with van der Waals surface area (Å²) in [6.07, 6.45) is 0. The van der Waals surface area contributed by atoms with E-state index in [1.807, 2.05) is 0 Å². The summed E-state index contributed by atoms with van der Waals surface area (Å²) in [6, 6.07) is 0. The minimum absolute atomic E-state index is 0. The molecule has 0 aromatic rings. The van der Waals surface area contributed by atoms with E-state index in [1.54, 1.807) is 0 Å². The van der Waals surface area contributed by atoms with Gasteiger partial charge in [-0.1, -0.05) is 0 Å². The van der Waals surface area contributed by atoms with Crippen molar-refractivity contribution in [3.8, 4) is 29.6 Å². The second-order valence-corrected chi connectivity index (χ2v) is 8.57. The fourth-order valence-corrected chi connectivity index (χ4v) is 1.26. The van der Waals surface area contributed by atoms with Gasteiger partial charge in [0.05, 0.1) is 0 Å². The molecule has 0 radical (unpaired) electrons.